The summed E-state index contributed by atoms with van der Waals surface area (Å²) in [5.41, 5.74) is 7.97. The average Bonchev–Trinajstić information content (AvgIpc) is 3.81. The minimum absolute atomic E-state index is 0.150. The summed E-state index contributed by atoms with van der Waals surface area (Å²) in [5, 5.41) is 0. The summed E-state index contributed by atoms with van der Waals surface area (Å²) in [6.07, 6.45) is -0.922. The highest BCUT2D eigenvalue weighted by atomic mass is 19.4. The molecule has 0 bridgehead atoms. The molecule has 0 unspecified atom stereocenters. The maximum absolute atomic E-state index is 14.0. The van der Waals surface area contributed by atoms with E-state index in [2.05, 4.69) is 21.7 Å². The lowest BCUT2D eigenvalue weighted by atomic mass is 9.97. The van der Waals surface area contributed by atoms with Crippen LogP contribution >= 0.6 is 0 Å². The van der Waals surface area contributed by atoms with Crippen molar-refractivity contribution >= 4 is 17.4 Å². The van der Waals surface area contributed by atoms with Crippen molar-refractivity contribution in [2.24, 2.45) is 5.92 Å². The number of nitrogens with two attached hydrogens (primary N) is 1. The Morgan fingerprint density at radius 1 is 0.976 bits per heavy atom. The second kappa shape index (κ2) is 12.5. The molecule has 218 valence electrons. The number of nitrogens with zero attached hydrogens (tertiary/aromatic N) is 3. The summed E-state index contributed by atoms with van der Waals surface area (Å²) >= 11 is 0. The number of carbonyl (C=O) groups is 2. The number of piperazine rings is 1. The molecule has 0 radical (unpaired) electrons. The minimum atomic E-state index is -4.52. The van der Waals surface area contributed by atoms with Gasteiger partial charge in [-0.25, -0.2) is 4.98 Å². The lowest BCUT2D eigenvalue weighted by molar-refractivity contribution is -0.138. The maximum atomic E-state index is 14.0. The van der Waals surface area contributed by atoms with Crippen LogP contribution in [0.4, 0.5) is 19.0 Å². The van der Waals surface area contributed by atoms with Gasteiger partial charge in [0.1, 0.15) is 11.6 Å². The average molecular weight is 575 g/mol. The van der Waals surface area contributed by atoms with Crippen LogP contribution in [-0.2, 0) is 30.4 Å². The molecule has 2 heterocycles. The van der Waals surface area contributed by atoms with E-state index in [-0.39, 0.29) is 41.8 Å². The number of halogens is 3. The molecule has 1 saturated carbocycles. The third kappa shape index (κ3) is 7.64. The standard InChI is InChI=1S/C33H33F3N4O2/c1-39-11-13-40(14-12-39)21-28-8-6-23(17-29(28)33(34,35)36)18-31(42)26-4-2-3-22(15-26)5-7-27-16-24(20-38-32(27)37)19-30(41)25-9-10-25/h2-4,6,8,15-17,20,25H,9-14,18-19,21H2,1H3,(H2,37,38). The number of carbonyl (C=O) groups excluding carboxylic acids is 2. The number of hydrogen-bond donors (Lipinski definition) is 1. The van der Waals surface area contributed by atoms with E-state index in [1.54, 1.807) is 42.6 Å². The molecule has 1 aliphatic carbocycles. The number of aromatic nitrogens is 1. The number of anilines is 1. The molecule has 3 aromatic rings. The van der Waals surface area contributed by atoms with Crippen LogP contribution in [0.5, 0.6) is 0 Å². The molecule has 42 heavy (non-hydrogen) atoms. The third-order valence-corrected chi connectivity index (χ3v) is 7.75. The van der Waals surface area contributed by atoms with Crippen LogP contribution in [0.2, 0.25) is 0 Å². The van der Waals surface area contributed by atoms with Gasteiger partial charge in [-0.15, -0.1) is 0 Å². The van der Waals surface area contributed by atoms with Gasteiger partial charge in [-0.05, 0) is 60.8 Å². The lowest BCUT2D eigenvalue weighted by Gasteiger charge is -2.33. The Balaban J connectivity index is 1.29. The molecule has 6 nitrogen and oxygen atoms in total. The number of nitrogen functional groups attached to an aromatic ring is 1. The molecule has 5 rings (SSSR count). The van der Waals surface area contributed by atoms with Crippen LogP contribution in [-0.4, -0.2) is 59.6 Å². The van der Waals surface area contributed by atoms with Crippen molar-refractivity contribution in [1.29, 1.82) is 0 Å². The van der Waals surface area contributed by atoms with E-state index in [4.69, 9.17) is 5.73 Å². The molecular weight excluding hydrogens is 541 g/mol. The molecule has 2 aromatic carbocycles. The Bertz CT molecular complexity index is 1540. The summed E-state index contributed by atoms with van der Waals surface area (Å²) in [6, 6.07) is 12.6. The van der Waals surface area contributed by atoms with Gasteiger partial charge < -0.3 is 10.6 Å². The van der Waals surface area contributed by atoms with Crippen molar-refractivity contribution in [3.05, 3.63) is 93.7 Å². The molecule has 9 heteroatoms. The molecule has 0 amide bonds. The number of likely N-dealkylation sites (N-methyl/N-ethyl adjacent to an activating group) is 1. The Labute approximate surface area is 243 Å². The topological polar surface area (TPSA) is 79.5 Å². The number of Topliss-reactive ketones (excluding diaryl/α,β-unsaturated/α-hetero) is 2. The number of pyridine rings is 1. The molecular formula is C33H33F3N4O2. The molecule has 1 aliphatic heterocycles. The van der Waals surface area contributed by atoms with E-state index in [1.165, 1.54) is 6.07 Å². The second-order valence-electron chi connectivity index (χ2n) is 11.2. The largest absolute Gasteiger partial charge is 0.416 e. The minimum Gasteiger partial charge on any atom is -0.383 e. The fourth-order valence-corrected chi connectivity index (χ4v) is 5.05. The van der Waals surface area contributed by atoms with Gasteiger partial charge in [-0.3, -0.25) is 14.5 Å². The summed E-state index contributed by atoms with van der Waals surface area (Å²) in [7, 11) is 2.00. The van der Waals surface area contributed by atoms with Crippen LogP contribution in [0.15, 0.2) is 54.7 Å². The zero-order chi connectivity index (χ0) is 29.9. The van der Waals surface area contributed by atoms with E-state index < -0.39 is 11.7 Å². The quantitative estimate of drug-likeness (QED) is 0.308. The fourth-order valence-electron chi connectivity index (χ4n) is 5.05. The van der Waals surface area contributed by atoms with Crippen molar-refractivity contribution in [3.63, 3.8) is 0 Å². The first-order valence-corrected chi connectivity index (χ1v) is 14.1. The molecule has 1 aromatic heterocycles. The summed E-state index contributed by atoms with van der Waals surface area (Å²) in [4.78, 5) is 33.6. The van der Waals surface area contributed by atoms with E-state index in [1.807, 2.05) is 11.9 Å². The Kier molecular flexibility index (Phi) is 8.76. The molecule has 0 spiro atoms. The van der Waals surface area contributed by atoms with E-state index in [9.17, 15) is 22.8 Å². The molecule has 2 fully saturated rings. The summed E-state index contributed by atoms with van der Waals surface area (Å²) < 4.78 is 41.9. The van der Waals surface area contributed by atoms with Crippen molar-refractivity contribution < 1.29 is 22.8 Å². The Morgan fingerprint density at radius 2 is 1.74 bits per heavy atom. The SMILES string of the molecule is CN1CCN(Cc2ccc(CC(=O)c3cccc(C#Cc4cc(CC(=O)C5CC5)cnc4N)c3)cc2C(F)(F)F)CC1. The van der Waals surface area contributed by atoms with Crippen molar-refractivity contribution in [2.75, 3.05) is 39.0 Å². The third-order valence-electron chi connectivity index (χ3n) is 7.75. The molecule has 0 atom stereocenters. The lowest BCUT2D eigenvalue weighted by Crippen LogP contribution is -2.44. The van der Waals surface area contributed by atoms with Gasteiger partial charge >= 0.3 is 6.18 Å². The van der Waals surface area contributed by atoms with Gasteiger partial charge in [0.2, 0.25) is 0 Å². The van der Waals surface area contributed by atoms with Crippen LogP contribution in [0.25, 0.3) is 0 Å². The van der Waals surface area contributed by atoms with Crippen LogP contribution in [0, 0.1) is 17.8 Å². The zero-order valence-electron chi connectivity index (χ0n) is 23.5. The van der Waals surface area contributed by atoms with Crippen LogP contribution in [0.1, 0.15) is 56.6 Å². The first kappa shape index (κ1) is 29.5. The van der Waals surface area contributed by atoms with Gasteiger partial charge in [0.15, 0.2) is 5.78 Å². The number of benzene rings is 2. The second-order valence-corrected chi connectivity index (χ2v) is 11.2. The maximum Gasteiger partial charge on any atom is 0.416 e. The van der Waals surface area contributed by atoms with Gasteiger partial charge in [-0.2, -0.15) is 13.2 Å². The van der Waals surface area contributed by atoms with E-state index in [0.29, 0.717) is 41.8 Å². The Hall–Kier alpha value is -4.00. The molecule has 1 saturated heterocycles. The number of rotatable bonds is 8. The smallest absolute Gasteiger partial charge is 0.383 e. The normalized spacial score (nSPS) is 16.1. The van der Waals surface area contributed by atoms with Crippen molar-refractivity contribution in [1.82, 2.24) is 14.8 Å². The molecule has 2 N–H and O–H groups in total. The number of alkyl halides is 3. The number of hydrogen-bond acceptors (Lipinski definition) is 6. The first-order valence-electron chi connectivity index (χ1n) is 14.1. The fraction of sp³-hybridized carbons (Fsp3) is 0.364. The van der Waals surface area contributed by atoms with Crippen molar-refractivity contribution in [2.45, 2.75) is 38.4 Å². The predicted octanol–water partition coefficient (Wildman–Crippen LogP) is 4.78. The Morgan fingerprint density at radius 3 is 2.45 bits per heavy atom. The van der Waals surface area contributed by atoms with Gasteiger partial charge in [-0.1, -0.05) is 36.1 Å². The molecule has 2 aliphatic rings. The highest BCUT2D eigenvalue weighted by Gasteiger charge is 2.34. The van der Waals surface area contributed by atoms with Crippen molar-refractivity contribution in [3.8, 4) is 11.8 Å². The highest BCUT2D eigenvalue weighted by molar-refractivity contribution is 5.97. The van der Waals surface area contributed by atoms with Gasteiger partial charge in [0, 0.05) is 68.8 Å². The van der Waals surface area contributed by atoms with E-state index >= 15 is 0 Å². The predicted molar refractivity (Wildman–Crippen MR) is 155 cm³/mol. The first-order chi connectivity index (χ1) is 20.0. The zero-order valence-corrected chi connectivity index (χ0v) is 23.5. The van der Waals surface area contributed by atoms with Gasteiger partial charge in [0.25, 0.3) is 0 Å². The summed E-state index contributed by atoms with van der Waals surface area (Å²) in [5.74, 6) is 6.25. The van der Waals surface area contributed by atoms with E-state index in [0.717, 1.165) is 37.6 Å². The highest BCUT2D eigenvalue weighted by Crippen LogP contribution is 2.34. The van der Waals surface area contributed by atoms with Crippen LogP contribution in [0.3, 0.4) is 0 Å². The monoisotopic (exact) mass is 574 g/mol. The number of ketones is 2. The summed E-state index contributed by atoms with van der Waals surface area (Å²) in [6.45, 7) is 3.27. The van der Waals surface area contributed by atoms with Gasteiger partial charge in [0.05, 0.1) is 11.1 Å². The van der Waals surface area contributed by atoms with Crippen LogP contribution < -0.4 is 5.73 Å².